The molecule has 1 aromatic carbocycles. The molecule has 114 valence electrons. The summed E-state index contributed by atoms with van der Waals surface area (Å²) in [6.07, 6.45) is 8.60. The Hall–Kier alpha value is -2.23. The monoisotopic (exact) mass is 294 g/mol. The number of aromatic amines is 1. The number of fused-ring (bicyclic) bond motifs is 1. The molecule has 0 aliphatic carbocycles. The fraction of sp³-hybridized carbons (Fsp3) is 0.389. The van der Waals surface area contributed by atoms with E-state index < -0.39 is 0 Å². The molecule has 22 heavy (non-hydrogen) atoms. The zero-order valence-corrected chi connectivity index (χ0v) is 13.2. The van der Waals surface area contributed by atoms with E-state index in [0.717, 1.165) is 34.4 Å². The minimum atomic E-state index is 0.397. The Morgan fingerprint density at radius 3 is 2.55 bits per heavy atom. The average Bonchev–Trinajstić information content (AvgIpc) is 3.08. The van der Waals surface area contributed by atoms with Crippen molar-refractivity contribution >= 4 is 11.0 Å². The van der Waals surface area contributed by atoms with Crippen molar-refractivity contribution in [2.24, 2.45) is 0 Å². The Labute approximate surface area is 131 Å². The topological polar surface area (TPSA) is 54.5 Å². The van der Waals surface area contributed by atoms with Crippen LogP contribution in [0.3, 0.4) is 0 Å². The van der Waals surface area contributed by atoms with Gasteiger partial charge in [0.1, 0.15) is 0 Å². The fourth-order valence-electron chi connectivity index (χ4n) is 2.79. The molecule has 0 radical (unpaired) electrons. The summed E-state index contributed by atoms with van der Waals surface area (Å²) in [6.45, 7) is 4.48. The number of hydrogen-bond donors (Lipinski definition) is 1. The molecule has 3 rings (SSSR count). The molecule has 0 spiro atoms. The molecule has 3 aromatic rings. The molecule has 0 amide bonds. The van der Waals surface area contributed by atoms with E-state index in [1.54, 1.807) is 0 Å². The molecular weight excluding hydrogens is 272 g/mol. The first-order valence-electron chi connectivity index (χ1n) is 8.05. The van der Waals surface area contributed by atoms with Gasteiger partial charge in [0.25, 0.3) is 0 Å². The smallest absolute Gasteiger partial charge is 0.0959 e. The molecular formula is C18H22N4. The van der Waals surface area contributed by atoms with Crippen LogP contribution < -0.4 is 0 Å². The van der Waals surface area contributed by atoms with Crippen LogP contribution in [-0.2, 0) is 0 Å². The second kappa shape index (κ2) is 6.69. The van der Waals surface area contributed by atoms with Crippen molar-refractivity contribution in [2.75, 3.05) is 0 Å². The summed E-state index contributed by atoms with van der Waals surface area (Å²) in [5.41, 5.74) is 4.94. The van der Waals surface area contributed by atoms with E-state index in [2.05, 4.69) is 24.0 Å². The second-order valence-electron chi connectivity index (χ2n) is 5.83. The molecule has 1 atom stereocenters. The summed E-state index contributed by atoms with van der Waals surface area (Å²) in [5.74, 6) is 0.397. The van der Waals surface area contributed by atoms with E-state index in [1.807, 2.05) is 36.7 Å². The first-order chi connectivity index (χ1) is 10.8. The zero-order chi connectivity index (χ0) is 15.4. The quantitative estimate of drug-likeness (QED) is 0.670. The lowest BCUT2D eigenvalue weighted by atomic mass is 9.96. The van der Waals surface area contributed by atoms with Crippen molar-refractivity contribution in [3.63, 3.8) is 0 Å². The van der Waals surface area contributed by atoms with Crippen LogP contribution >= 0.6 is 0 Å². The molecule has 0 saturated carbocycles. The lowest BCUT2D eigenvalue weighted by molar-refractivity contribution is 0.589. The van der Waals surface area contributed by atoms with Crippen LogP contribution in [0.15, 0.2) is 36.7 Å². The molecule has 0 fully saturated rings. The standard InChI is InChI=1S/C18H22N4/c1-3-4-5-8-13(2)17-18(14-11-19-20-12-14)22-16-10-7-6-9-15(16)21-17/h6-7,9-13H,3-5,8H2,1-2H3,(H,19,20). The van der Waals surface area contributed by atoms with Gasteiger partial charge in [-0.15, -0.1) is 0 Å². The van der Waals surface area contributed by atoms with Crippen molar-refractivity contribution in [2.45, 2.75) is 45.4 Å². The molecule has 2 heterocycles. The van der Waals surface area contributed by atoms with Gasteiger partial charge < -0.3 is 0 Å². The average molecular weight is 294 g/mol. The van der Waals surface area contributed by atoms with E-state index in [1.165, 1.54) is 19.3 Å². The van der Waals surface area contributed by atoms with Crippen LogP contribution in [0.25, 0.3) is 22.3 Å². The van der Waals surface area contributed by atoms with Gasteiger partial charge in [0.05, 0.1) is 28.6 Å². The SMILES string of the molecule is CCCCCC(C)c1nc2ccccc2nc1-c1cn[nH]c1. The molecule has 4 nitrogen and oxygen atoms in total. The van der Waals surface area contributed by atoms with Crippen LogP contribution in [0.4, 0.5) is 0 Å². The predicted octanol–water partition coefficient (Wildman–Crippen LogP) is 4.70. The molecule has 1 N–H and O–H groups in total. The van der Waals surface area contributed by atoms with Gasteiger partial charge in [-0.1, -0.05) is 45.2 Å². The van der Waals surface area contributed by atoms with Gasteiger partial charge in [-0.3, -0.25) is 5.10 Å². The summed E-state index contributed by atoms with van der Waals surface area (Å²) in [5, 5.41) is 6.94. The number of hydrogen-bond acceptors (Lipinski definition) is 3. The Morgan fingerprint density at radius 2 is 1.86 bits per heavy atom. The normalized spacial score (nSPS) is 12.6. The van der Waals surface area contributed by atoms with Crippen LogP contribution in [0.2, 0.25) is 0 Å². The van der Waals surface area contributed by atoms with Crippen LogP contribution in [0.1, 0.15) is 51.1 Å². The third-order valence-electron chi connectivity index (χ3n) is 4.08. The number of aromatic nitrogens is 4. The number of nitrogens with one attached hydrogen (secondary N) is 1. The summed E-state index contributed by atoms with van der Waals surface area (Å²) >= 11 is 0. The van der Waals surface area contributed by atoms with Crippen molar-refractivity contribution in [1.82, 2.24) is 20.2 Å². The van der Waals surface area contributed by atoms with Gasteiger partial charge in [0.2, 0.25) is 0 Å². The predicted molar refractivity (Wildman–Crippen MR) is 89.7 cm³/mol. The highest BCUT2D eigenvalue weighted by Gasteiger charge is 2.17. The minimum Gasteiger partial charge on any atom is -0.285 e. The molecule has 0 aliphatic heterocycles. The molecule has 0 bridgehead atoms. The Kier molecular flexibility index (Phi) is 4.47. The van der Waals surface area contributed by atoms with E-state index >= 15 is 0 Å². The lowest BCUT2D eigenvalue weighted by Crippen LogP contribution is -2.03. The van der Waals surface area contributed by atoms with E-state index in [-0.39, 0.29) is 0 Å². The number of H-pyrrole nitrogens is 1. The number of unbranched alkanes of at least 4 members (excludes halogenated alkanes) is 2. The van der Waals surface area contributed by atoms with Gasteiger partial charge in [0, 0.05) is 17.7 Å². The summed E-state index contributed by atoms with van der Waals surface area (Å²) in [7, 11) is 0. The van der Waals surface area contributed by atoms with Crippen molar-refractivity contribution < 1.29 is 0 Å². The van der Waals surface area contributed by atoms with Crippen molar-refractivity contribution in [3.8, 4) is 11.3 Å². The van der Waals surface area contributed by atoms with Crippen LogP contribution in [0, 0.1) is 0 Å². The number of benzene rings is 1. The van der Waals surface area contributed by atoms with Gasteiger partial charge in [-0.05, 0) is 18.6 Å². The first kappa shape index (κ1) is 14.7. The highest BCUT2D eigenvalue weighted by Crippen LogP contribution is 2.30. The van der Waals surface area contributed by atoms with E-state index in [4.69, 9.17) is 9.97 Å². The van der Waals surface area contributed by atoms with Gasteiger partial charge >= 0.3 is 0 Å². The molecule has 4 heteroatoms. The summed E-state index contributed by atoms with van der Waals surface area (Å²) in [4.78, 5) is 9.75. The highest BCUT2D eigenvalue weighted by atomic mass is 15.1. The summed E-state index contributed by atoms with van der Waals surface area (Å²) in [6, 6.07) is 8.06. The third kappa shape index (κ3) is 3.01. The molecule has 1 unspecified atom stereocenters. The zero-order valence-electron chi connectivity index (χ0n) is 13.2. The van der Waals surface area contributed by atoms with Crippen LogP contribution in [0.5, 0.6) is 0 Å². The maximum atomic E-state index is 4.91. The molecule has 2 aromatic heterocycles. The Bertz CT molecular complexity index is 734. The Morgan fingerprint density at radius 1 is 1.09 bits per heavy atom. The lowest BCUT2D eigenvalue weighted by Gasteiger charge is -2.15. The maximum absolute atomic E-state index is 4.91. The van der Waals surface area contributed by atoms with Gasteiger partial charge in [-0.2, -0.15) is 5.10 Å². The Balaban J connectivity index is 2.03. The van der Waals surface area contributed by atoms with Crippen molar-refractivity contribution in [3.05, 3.63) is 42.4 Å². The first-order valence-corrected chi connectivity index (χ1v) is 8.05. The number of para-hydroxylation sites is 2. The number of rotatable bonds is 6. The van der Waals surface area contributed by atoms with E-state index in [9.17, 15) is 0 Å². The number of nitrogens with zero attached hydrogens (tertiary/aromatic N) is 3. The fourth-order valence-corrected chi connectivity index (χ4v) is 2.79. The highest BCUT2D eigenvalue weighted by molar-refractivity contribution is 5.78. The van der Waals surface area contributed by atoms with Gasteiger partial charge in [-0.25, -0.2) is 9.97 Å². The maximum Gasteiger partial charge on any atom is 0.0959 e. The van der Waals surface area contributed by atoms with E-state index in [0.29, 0.717) is 5.92 Å². The van der Waals surface area contributed by atoms with Crippen LogP contribution in [-0.4, -0.2) is 20.2 Å². The van der Waals surface area contributed by atoms with Crippen molar-refractivity contribution in [1.29, 1.82) is 0 Å². The summed E-state index contributed by atoms with van der Waals surface area (Å²) < 4.78 is 0. The minimum absolute atomic E-state index is 0.397. The third-order valence-corrected chi connectivity index (χ3v) is 4.08. The molecule has 0 saturated heterocycles. The largest absolute Gasteiger partial charge is 0.285 e. The second-order valence-corrected chi connectivity index (χ2v) is 5.83. The molecule has 0 aliphatic rings. The van der Waals surface area contributed by atoms with Gasteiger partial charge in [0.15, 0.2) is 0 Å².